The van der Waals surface area contributed by atoms with E-state index in [-0.39, 0.29) is 0 Å². The number of rotatable bonds is 6. The number of hydrogen-bond donors (Lipinski definition) is 1. The monoisotopic (exact) mass is 383 g/mol. The van der Waals surface area contributed by atoms with Gasteiger partial charge in [-0.2, -0.15) is 0 Å². The van der Waals surface area contributed by atoms with Crippen molar-refractivity contribution in [3.63, 3.8) is 0 Å². The Morgan fingerprint density at radius 3 is 2.18 bits per heavy atom. The predicted octanol–water partition coefficient (Wildman–Crippen LogP) is 4.55. The maximum Gasteiger partial charge on any atom is 0.344 e. The Bertz CT molecular complexity index is 972. The van der Waals surface area contributed by atoms with Gasteiger partial charge in [0.15, 0.2) is 12.4 Å². The van der Waals surface area contributed by atoms with Crippen LogP contribution in [-0.2, 0) is 9.53 Å². The molecular formula is C21H15F2NO4. The molecule has 0 aliphatic rings. The van der Waals surface area contributed by atoms with Crippen LogP contribution in [0, 0.1) is 11.6 Å². The van der Waals surface area contributed by atoms with E-state index in [1.807, 2.05) is 6.07 Å². The minimum atomic E-state index is -1.26. The molecule has 0 saturated heterocycles. The third-order valence-electron chi connectivity index (χ3n) is 3.63. The second-order valence-corrected chi connectivity index (χ2v) is 5.63. The van der Waals surface area contributed by atoms with Gasteiger partial charge in [0, 0.05) is 0 Å². The van der Waals surface area contributed by atoms with E-state index < -0.39 is 35.7 Å². The highest BCUT2D eigenvalue weighted by atomic mass is 19.1. The fraction of sp³-hybridized carbons (Fsp3) is 0.0476. The first-order valence-electron chi connectivity index (χ1n) is 8.27. The molecule has 0 bridgehead atoms. The van der Waals surface area contributed by atoms with Crippen LogP contribution >= 0.6 is 0 Å². The summed E-state index contributed by atoms with van der Waals surface area (Å²) in [6, 6.07) is 18.6. The number of ether oxygens (including phenoxy) is 2. The lowest BCUT2D eigenvalue weighted by atomic mass is 10.2. The van der Waals surface area contributed by atoms with Crippen LogP contribution in [-0.4, -0.2) is 18.5 Å². The number of anilines is 1. The summed E-state index contributed by atoms with van der Waals surface area (Å²) in [5.74, 6) is -3.12. The van der Waals surface area contributed by atoms with Crippen LogP contribution in [0.5, 0.6) is 11.5 Å². The summed E-state index contributed by atoms with van der Waals surface area (Å²) >= 11 is 0. The molecule has 28 heavy (non-hydrogen) atoms. The third kappa shape index (κ3) is 4.70. The molecule has 0 heterocycles. The van der Waals surface area contributed by atoms with Crippen LogP contribution in [0.25, 0.3) is 0 Å². The van der Waals surface area contributed by atoms with E-state index in [0.717, 1.165) is 18.2 Å². The smallest absolute Gasteiger partial charge is 0.344 e. The van der Waals surface area contributed by atoms with Gasteiger partial charge in [-0.05, 0) is 36.4 Å². The molecule has 0 atom stereocenters. The first-order chi connectivity index (χ1) is 13.5. The Kier molecular flexibility index (Phi) is 5.96. The molecule has 0 fully saturated rings. The molecule has 1 amide bonds. The van der Waals surface area contributed by atoms with E-state index in [1.165, 1.54) is 0 Å². The van der Waals surface area contributed by atoms with E-state index in [0.29, 0.717) is 17.2 Å². The minimum absolute atomic E-state index is 0.351. The Morgan fingerprint density at radius 2 is 1.46 bits per heavy atom. The maximum absolute atomic E-state index is 13.6. The Morgan fingerprint density at radius 1 is 0.821 bits per heavy atom. The van der Waals surface area contributed by atoms with Crippen molar-refractivity contribution >= 4 is 17.6 Å². The largest absolute Gasteiger partial charge is 0.455 e. The van der Waals surface area contributed by atoms with Crippen molar-refractivity contribution in [2.75, 3.05) is 11.9 Å². The maximum atomic E-state index is 13.6. The summed E-state index contributed by atoms with van der Waals surface area (Å²) in [6.45, 7) is -0.716. The van der Waals surface area contributed by atoms with Crippen molar-refractivity contribution in [3.8, 4) is 11.5 Å². The topological polar surface area (TPSA) is 64.6 Å². The van der Waals surface area contributed by atoms with Crippen LogP contribution in [0.4, 0.5) is 14.5 Å². The molecule has 3 aromatic carbocycles. The summed E-state index contributed by atoms with van der Waals surface area (Å²) in [5.41, 5.74) is -0.493. The highest BCUT2D eigenvalue weighted by Crippen LogP contribution is 2.29. The molecule has 0 saturated carbocycles. The van der Waals surface area contributed by atoms with Gasteiger partial charge in [0.1, 0.15) is 22.9 Å². The highest BCUT2D eigenvalue weighted by molar-refractivity contribution is 5.96. The summed E-state index contributed by atoms with van der Waals surface area (Å²) < 4.78 is 37.6. The third-order valence-corrected chi connectivity index (χ3v) is 3.63. The van der Waals surface area contributed by atoms with Crippen LogP contribution in [0.15, 0.2) is 72.8 Å². The van der Waals surface area contributed by atoms with Gasteiger partial charge in [-0.25, -0.2) is 13.6 Å². The van der Waals surface area contributed by atoms with Gasteiger partial charge in [0.05, 0.1) is 5.69 Å². The number of carbonyl (C=O) groups is 2. The van der Waals surface area contributed by atoms with Gasteiger partial charge < -0.3 is 14.8 Å². The minimum Gasteiger partial charge on any atom is -0.455 e. The van der Waals surface area contributed by atoms with Gasteiger partial charge in [-0.1, -0.05) is 36.4 Å². The molecule has 5 nitrogen and oxygen atoms in total. The van der Waals surface area contributed by atoms with Crippen molar-refractivity contribution in [2.24, 2.45) is 0 Å². The molecule has 7 heteroatoms. The molecule has 0 spiro atoms. The lowest BCUT2D eigenvalue weighted by molar-refractivity contribution is -0.119. The van der Waals surface area contributed by atoms with Crippen molar-refractivity contribution < 1.29 is 27.8 Å². The number of amides is 1. The lowest BCUT2D eigenvalue weighted by Gasteiger charge is -2.12. The fourth-order valence-corrected chi connectivity index (χ4v) is 2.36. The van der Waals surface area contributed by atoms with Crippen molar-refractivity contribution in [1.82, 2.24) is 0 Å². The zero-order valence-corrected chi connectivity index (χ0v) is 14.5. The number of para-hydroxylation sites is 3. The Hall–Kier alpha value is -3.74. The number of esters is 1. The van der Waals surface area contributed by atoms with Gasteiger partial charge in [-0.15, -0.1) is 0 Å². The number of benzene rings is 3. The fourth-order valence-electron chi connectivity index (χ4n) is 2.36. The van der Waals surface area contributed by atoms with Crippen molar-refractivity contribution in [3.05, 3.63) is 90.0 Å². The summed E-state index contributed by atoms with van der Waals surface area (Å²) in [5, 5.41) is 2.54. The number of carbonyl (C=O) groups excluding carboxylic acids is 2. The second kappa shape index (κ2) is 8.77. The zero-order valence-electron chi connectivity index (χ0n) is 14.5. The van der Waals surface area contributed by atoms with Crippen molar-refractivity contribution in [1.29, 1.82) is 0 Å². The second-order valence-electron chi connectivity index (χ2n) is 5.63. The highest BCUT2D eigenvalue weighted by Gasteiger charge is 2.19. The number of nitrogens with one attached hydrogen (secondary N) is 1. The van der Waals surface area contributed by atoms with Gasteiger partial charge >= 0.3 is 5.97 Å². The zero-order chi connectivity index (χ0) is 19.9. The molecule has 3 rings (SSSR count). The van der Waals surface area contributed by atoms with Crippen LogP contribution in [0.3, 0.4) is 0 Å². The summed E-state index contributed by atoms with van der Waals surface area (Å²) in [7, 11) is 0. The van der Waals surface area contributed by atoms with Gasteiger partial charge in [0.25, 0.3) is 5.91 Å². The first-order valence-corrected chi connectivity index (χ1v) is 8.27. The molecule has 0 radical (unpaired) electrons. The van der Waals surface area contributed by atoms with Crippen LogP contribution < -0.4 is 10.1 Å². The molecule has 0 aromatic heterocycles. The van der Waals surface area contributed by atoms with E-state index in [4.69, 9.17) is 9.47 Å². The molecular weight excluding hydrogens is 368 g/mol. The number of halogens is 2. The van der Waals surface area contributed by atoms with E-state index in [9.17, 15) is 18.4 Å². The molecule has 142 valence electrons. The van der Waals surface area contributed by atoms with E-state index in [2.05, 4.69) is 5.32 Å². The molecule has 0 unspecified atom stereocenters. The number of hydrogen-bond acceptors (Lipinski definition) is 4. The van der Waals surface area contributed by atoms with Gasteiger partial charge in [0.2, 0.25) is 0 Å². The molecule has 0 aliphatic heterocycles. The van der Waals surface area contributed by atoms with Gasteiger partial charge in [-0.3, -0.25) is 4.79 Å². The first kappa shape index (κ1) is 19.0. The molecule has 3 aromatic rings. The van der Waals surface area contributed by atoms with Crippen LogP contribution in [0.2, 0.25) is 0 Å². The average molecular weight is 383 g/mol. The molecule has 1 N–H and O–H groups in total. The Labute approximate surface area is 159 Å². The average Bonchev–Trinajstić information content (AvgIpc) is 2.68. The summed E-state index contributed by atoms with van der Waals surface area (Å²) in [4.78, 5) is 23.9. The SMILES string of the molecule is O=C(COC(=O)c1c(F)cccc1F)Nc1ccccc1Oc1ccccc1. The van der Waals surface area contributed by atoms with E-state index in [1.54, 1.807) is 48.5 Å². The Balaban J connectivity index is 1.63. The quantitative estimate of drug-likeness (QED) is 0.634. The lowest BCUT2D eigenvalue weighted by Crippen LogP contribution is -2.22. The molecule has 0 aliphatic carbocycles. The van der Waals surface area contributed by atoms with Crippen LogP contribution in [0.1, 0.15) is 10.4 Å². The van der Waals surface area contributed by atoms with E-state index >= 15 is 0 Å². The predicted molar refractivity (Wildman–Crippen MR) is 98.2 cm³/mol. The van der Waals surface area contributed by atoms with Crippen molar-refractivity contribution in [2.45, 2.75) is 0 Å². The normalized spacial score (nSPS) is 10.2. The standard InChI is InChI=1S/C21H15F2NO4/c22-15-9-6-10-16(23)20(15)21(26)27-13-19(25)24-17-11-4-5-12-18(17)28-14-7-2-1-3-8-14/h1-12H,13H2,(H,24,25). The summed E-state index contributed by atoms with van der Waals surface area (Å²) in [6.07, 6.45) is 0.